The largest absolute Gasteiger partial charge is 0.435 e. The average Bonchev–Trinajstić information content (AvgIpc) is 2.60. The molecule has 0 spiro atoms. The second kappa shape index (κ2) is 12.1. The first-order valence-corrected chi connectivity index (χ1v) is 7.58. The van der Waals surface area contributed by atoms with E-state index in [1.165, 1.54) is 24.1 Å². The van der Waals surface area contributed by atoms with Gasteiger partial charge in [0.15, 0.2) is 0 Å². The molecule has 3 nitrogen and oxygen atoms in total. The van der Waals surface area contributed by atoms with Gasteiger partial charge in [-0.2, -0.15) is 14.0 Å². The summed E-state index contributed by atoms with van der Waals surface area (Å²) in [4.78, 5) is 0. The Bertz CT molecular complexity index is 841. The van der Waals surface area contributed by atoms with Crippen molar-refractivity contribution in [3.63, 3.8) is 0 Å². The number of benzene rings is 2. The summed E-state index contributed by atoms with van der Waals surface area (Å²) in [6, 6.07) is 12.7. The number of hydrogen-bond donors (Lipinski definition) is 0. The van der Waals surface area contributed by atoms with Gasteiger partial charge < -0.3 is 4.74 Å². The highest BCUT2D eigenvalue weighted by atomic mass is 19.3. The number of nitriles is 2. The van der Waals surface area contributed by atoms with Crippen molar-refractivity contribution in [2.75, 3.05) is 0 Å². The fourth-order valence-corrected chi connectivity index (χ4v) is 1.92. The topological polar surface area (TPSA) is 56.8 Å². The van der Waals surface area contributed by atoms with Gasteiger partial charge >= 0.3 is 6.61 Å². The van der Waals surface area contributed by atoms with Crippen LogP contribution in [0.1, 0.15) is 34.7 Å². The molecule has 134 valence electrons. The van der Waals surface area contributed by atoms with Crippen molar-refractivity contribution in [3.8, 4) is 30.2 Å². The van der Waals surface area contributed by atoms with Gasteiger partial charge in [0.25, 0.3) is 0 Å². The van der Waals surface area contributed by atoms with Crippen molar-refractivity contribution in [1.29, 1.82) is 10.5 Å². The van der Waals surface area contributed by atoms with E-state index in [2.05, 4.69) is 30.1 Å². The number of ether oxygens (including phenoxy) is 1. The second-order valence-electron chi connectivity index (χ2n) is 5.13. The molecule has 2 aromatic rings. The third-order valence-electron chi connectivity index (χ3n) is 3.25. The minimum absolute atomic E-state index is 0.182. The summed E-state index contributed by atoms with van der Waals surface area (Å²) in [5.41, 5.74) is 4.77. The third kappa shape index (κ3) is 7.95. The van der Waals surface area contributed by atoms with Crippen LogP contribution < -0.4 is 4.74 Å². The van der Waals surface area contributed by atoms with Crippen molar-refractivity contribution in [2.45, 2.75) is 34.3 Å². The quantitative estimate of drug-likeness (QED) is 0.689. The standard InChI is InChI=1S/C18H16F2O.C2H3N.CHN/c1-12-4-5-15(10-13(12)2)6-7-16-8-9-17(14(3)11-16)21-18(19)20;1-2-3;1-2/h4-5,8-11,18H,1-3H3;1H3;1H. The van der Waals surface area contributed by atoms with Crippen LogP contribution >= 0.6 is 0 Å². The summed E-state index contributed by atoms with van der Waals surface area (Å²) >= 11 is 0. The maximum absolute atomic E-state index is 12.2. The van der Waals surface area contributed by atoms with E-state index in [1.807, 2.05) is 25.1 Å². The second-order valence-corrected chi connectivity index (χ2v) is 5.13. The predicted molar refractivity (Wildman–Crippen MR) is 97.7 cm³/mol. The van der Waals surface area contributed by atoms with E-state index in [9.17, 15) is 8.78 Å². The number of rotatable bonds is 2. The summed E-state index contributed by atoms with van der Waals surface area (Å²) in [6.07, 6.45) is 0. The molecule has 5 heteroatoms. The maximum atomic E-state index is 12.2. The molecule has 0 aliphatic heterocycles. The highest BCUT2D eigenvalue weighted by Gasteiger charge is 2.06. The number of nitrogens with zero attached hydrogens (tertiary/aromatic N) is 2. The van der Waals surface area contributed by atoms with Crippen LogP contribution in [0.5, 0.6) is 5.75 Å². The van der Waals surface area contributed by atoms with Gasteiger partial charge in [0.05, 0.1) is 6.07 Å². The third-order valence-corrected chi connectivity index (χ3v) is 3.25. The fourth-order valence-electron chi connectivity index (χ4n) is 1.92. The molecule has 2 rings (SSSR count). The molecule has 0 bridgehead atoms. The van der Waals surface area contributed by atoms with E-state index in [0.29, 0.717) is 5.56 Å². The SMILES string of the molecule is C#N.CC#N.Cc1ccc(C#Cc2ccc(OC(F)F)c(C)c2)cc1C. The molecule has 0 unspecified atom stereocenters. The van der Waals surface area contributed by atoms with Gasteiger partial charge in [-0.15, -0.1) is 0 Å². The molecule has 2 aromatic carbocycles. The Morgan fingerprint density at radius 1 is 0.885 bits per heavy atom. The first-order valence-electron chi connectivity index (χ1n) is 7.58. The first-order chi connectivity index (χ1) is 12.4. The summed E-state index contributed by atoms with van der Waals surface area (Å²) in [5, 5.41) is 13.8. The lowest BCUT2D eigenvalue weighted by molar-refractivity contribution is -0.0502. The lowest BCUT2D eigenvalue weighted by Gasteiger charge is -2.07. The first kappa shape index (κ1) is 22.6. The molecule has 0 saturated heterocycles. The van der Waals surface area contributed by atoms with Crippen LogP contribution in [0.2, 0.25) is 0 Å². The van der Waals surface area contributed by atoms with Gasteiger partial charge in [0, 0.05) is 24.6 Å². The predicted octanol–water partition coefficient (Wildman–Crippen LogP) is 5.28. The Balaban J connectivity index is 0.00000113. The van der Waals surface area contributed by atoms with Gasteiger partial charge in [-0.25, -0.2) is 5.26 Å². The van der Waals surface area contributed by atoms with E-state index in [0.717, 1.165) is 11.1 Å². The van der Waals surface area contributed by atoms with Crippen molar-refractivity contribution < 1.29 is 13.5 Å². The molecule has 26 heavy (non-hydrogen) atoms. The minimum Gasteiger partial charge on any atom is -0.435 e. The molecule has 0 saturated carbocycles. The van der Waals surface area contributed by atoms with Crippen LogP contribution in [0.3, 0.4) is 0 Å². The molecule has 0 aromatic heterocycles. The highest BCUT2D eigenvalue weighted by molar-refractivity contribution is 5.48. The Morgan fingerprint density at radius 3 is 1.77 bits per heavy atom. The van der Waals surface area contributed by atoms with Crippen LogP contribution in [0.25, 0.3) is 0 Å². The zero-order valence-electron chi connectivity index (χ0n) is 15.2. The molecular formula is C21H20F2N2O. The van der Waals surface area contributed by atoms with Gasteiger partial charge in [0.2, 0.25) is 0 Å². The van der Waals surface area contributed by atoms with Crippen molar-refractivity contribution >= 4 is 0 Å². The summed E-state index contributed by atoms with van der Waals surface area (Å²) < 4.78 is 28.8. The molecule has 0 aliphatic carbocycles. The molecular weight excluding hydrogens is 334 g/mol. The minimum atomic E-state index is -2.81. The number of alkyl halides is 2. The molecule has 0 radical (unpaired) electrons. The van der Waals surface area contributed by atoms with Gasteiger partial charge in [-0.05, 0) is 67.8 Å². The van der Waals surface area contributed by atoms with Crippen LogP contribution in [-0.4, -0.2) is 6.61 Å². The average molecular weight is 354 g/mol. The van der Waals surface area contributed by atoms with Crippen LogP contribution in [-0.2, 0) is 0 Å². The van der Waals surface area contributed by atoms with Gasteiger partial charge in [0.1, 0.15) is 5.75 Å². The maximum Gasteiger partial charge on any atom is 0.387 e. The normalized spacial score (nSPS) is 8.62. The van der Waals surface area contributed by atoms with Crippen molar-refractivity contribution in [3.05, 3.63) is 64.2 Å². The molecule has 0 fully saturated rings. The van der Waals surface area contributed by atoms with E-state index < -0.39 is 6.61 Å². The molecule has 0 N–H and O–H groups in total. The Labute approximate surface area is 153 Å². The van der Waals surface area contributed by atoms with E-state index in [1.54, 1.807) is 25.1 Å². The summed E-state index contributed by atoms with van der Waals surface area (Å²) in [6.45, 7) is 7.94. The van der Waals surface area contributed by atoms with Crippen LogP contribution in [0.4, 0.5) is 8.78 Å². The number of halogens is 2. The van der Waals surface area contributed by atoms with Gasteiger partial charge in [-0.1, -0.05) is 17.9 Å². The molecule has 0 heterocycles. The van der Waals surface area contributed by atoms with Crippen molar-refractivity contribution in [2.24, 2.45) is 0 Å². The molecule has 0 atom stereocenters. The Hall–Kier alpha value is -3.36. The van der Waals surface area contributed by atoms with Crippen LogP contribution in [0.15, 0.2) is 36.4 Å². The summed E-state index contributed by atoms with van der Waals surface area (Å²) in [7, 11) is 0. The summed E-state index contributed by atoms with van der Waals surface area (Å²) in [5.74, 6) is 6.30. The monoisotopic (exact) mass is 354 g/mol. The lowest BCUT2D eigenvalue weighted by Crippen LogP contribution is -2.03. The smallest absolute Gasteiger partial charge is 0.387 e. The van der Waals surface area contributed by atoms with Gasteiger partial charge in [-0.3, -0.25) is 0 Å². The van der Waals surface area contributed by atoms with Crippen molar-refractivity contribution in [1.82, 2.24) is 0 Å². The molecule has 0 amide bonds. The zero-order valence-corrected chi connectivity index (χ0v) is 15.2. The highest BCUT2D eigenvalue weighted by Crippen LogP contribution is 2.20. The Kier molecular flexibility index (Phi) is 10.5. The lowest BCUT2D eigenvalue weighted by atomic mass is 10.1. The molecule has 0 aliphatic rings. The number of hydrogen-bond acceptors (Lipinski definition) is 3. The Morgan fingerprint density at radius 2 is 1.35 bits per heavy atom. The van der Waals surface area contributed by atoms with E-state index in [-0.39, 0.29) is 5.75 Å². The van der Waals surface area contributed by atoms with E-state index >= 15 is 0 Å². The van der Waals surface area contributed by atoms with E-state index in [4.69, 9.17) is 10.5 Å². The number of aryl methyl sites for hydroxylation is 3. The fraction of sp³-hybridized carbons (Fsp3) is 0.238. The zero-order chi connectivity index (χ0) is 20.1. The van der Waals surface area contributed by atoms with Crippen LogP contribution in [0, 0.1) is 55.8 Å².